The van der Waals surface area contributed by atoms with Crippen molar-refractivity contribution in [3.63, 3.8) is 0 Å². The van der Waals surface area contributed by atoms with Gasteiger partial charge in [0.05, 0.1) is 0 Å². The monoisotopic (exact) mass is 460 g/mol. The van der Waals surface area contributed by atoms with E-state index in [1.54, 1.807) is 0 Å². The van der Waals surface area contributed by atoms with Gasteiger partial charge in [-0.05, 0) is 24.3 Å². The van der Waals surface area contributed by atoms with E-state index in [0.717, 1.165) is 12.1 Å². The number of alkyl halides is 6. The maximum Gasteiger partial charge on any atom is 0.380 e. The Balaban J connectivity index is 2.54. The quantitative estimate of drug-likeness (QED) is 0.443. The van der Waals surface area contributed by atoms with E-state index in [2.05, 4.69) is 31.9 Å². The van der Waals surface area contributed by atoms with Gasteiger partial charge in [-0.1, -0.05) is 56.1 Å². The molecule has 8 heteroatoms. The fourth-order valence-electron chi connectivity index (χ4n) is 1.93. The van der Waals surface area contributed by atoms with Crippen molar-refractivity contribution in [1.82, 2.24) is 0 Å². The lowest BCUT2D eigenvalue weighted by Gasteiger charge is -2.33. The predicted molar refractivity (Wildman–Crippen MR) is 81.0 cm³/mol. The fraction of sp³-hybridized carbons (Fsp3) is 0.200. The Morgan fingerprint density at radius 3 is 1.26 bits per heavy atom. The van der Waals surface area contributed by atoms with Gasteiger partial charge >= 0.3 is 17.8 Å². The van der Waals surface area contributed by atoms with Gasteiger partial charge in [-0.2, -0.15) is 26.3 Å². The van der Waals surface area contributed by atoms with Crippen molar-refractivity contribution in [2.45, 2.75) is 17.8 Å². The molecule has 0 fully saturated rings. The summed E-state index contributed by atoms with van der Waals surface area (Å²) < 4.78 is 84.9. The van der Waals surface area contributed by atoms with E-state index in [1.165, 1.54) is 12.1 Å². The second-order valence-electron chi connectivity index (χ2n) is 4.74. The summed E-state index contributed by atoms with van der Waals surface area (Å²) in [6, 6.07) is 7.51. The average Bonchev–Trinajstić information content (AvgIpc) is 2.46. The highest BCUT2D eigenvalue weighted by Gasteiger charge is 2.72. The normalized spacial score (nSPS) is 13.2. The van der Waals surface area contributed by atoms with Gasteiger partial charge in [0.2, 0.25) is 0 Å². The first-order chi connectivity index (χ1) is 10.5. The molecular formula is C15H8Br2F6. The van der Waals surface area contributed by atoms with Gasteiger partial charge in [-0.15, -0.1) is 0 Å². The molecule has 0 amide bonds. The molecule has 0 spiro atoms. The zero-order valence-corrected chi connectivity index (χ0v) is 14.3. The Hall–Kier alpha value is -1.02. The summed E-state index contributed by atoms with van der Waals surface area (Å²) >= 11 is 5.71. The molecule has 0 heterocycles. The molecule has 2 aromatic carbocycles. The molecule has 0 radical (unpaired) electrons. The Kier molecular flexibility index (Phi) is 4.88. The summed E-state index contributed by atoms with van der Waals surface area (Å²) in [7, 11) is 0. The van der Waals surface area contributed by atoms with Crippen LogP contribution in [0.3, 0.4) is 0 Å². The number of hydrogen-bond donors (Lipinski definition) is 0. The molecule has 0 atom stereocenters. The molecule has 0 aromatic heterocycles. The van der Waals surface area contributed by atoms with Crippen molar-refractivity contribution in [3.05, 3.63) is 68.6 Å². The van der Waals surface area contributed by atoms with Crippen LogP contribution in [0.1, 0.15) is 11.1 Å². The summed E-state index contributed by atoms with van der Waals surface area (Å²) in [5.74, 6) is -15.8. The maximum absolute atomic E-state index is 14.1. The van der Waals surface area contributed by atoms with E-state index in [1.807, 2.05) is 0 Å². The van der Waals surface area contributed by atoms with Gasteiger partial charge in [-0.25, -0.2) is 0 Å². The molecule has 2 rings (SSSR count). The molecule has 0 saturated carbocycles. The molecule has 0 bridgehead atoms. The SMILES string of the molecule is FC(F)(c1cccc(Br)c1)C(F)(F)C(F)(F)c1cccc(Br)c1. The van der Waals surface area contributed by atoms with E-state index in [-0.39, 0.29) is 8.95 Å². The highest BCUT2D eigenvalue weighted by molar-refractivity contribution is 9.10. The van der Waals surface area contributed by atoms with Gasteiger partial charge in [0.1, 0.15) is 0 Å². The minimum atomic E-state index is -5.62. The smallest absolute Gasteiger partial charge is 0.194 e. The van der Waals surface area contributed by atoms with Crippen molar-refractivity contribution >= 4 is 31.9 Å². The molecule has 23 heavy (non-hydrogen) atoms. The third-order valence-corrected chi connectivity index (χ3v) is 4.15. The van der Waals surface area contributed by atoms with E-state index in [9.17, 15) is 26.3 Å². The lowest BCUT2D eigenvalue weighted by atomic mass is 9.93. The largest absolute Gasteiger partial charge is 0.380 e. The minimum absolute atomic E-state index is 0.0799. The molecule has 0 unspecified atom stereocenters. The molecule has 0 aliphatic rings. The molecular weight excluding hydrogens is 454 g/mol. The zero-order chi connectivity index (χ0) is 17.5. The standard InChI is InChI=1S/C15H8Br2F6/c16-11-5-1-3-9(7-11)13(18,19)15(22,23)14(20,21)10-4-2-6-12(17)8-10/h1-8H. The Morgan fingerprint density at radius 2 is 0.957 bits per heavy atom. The van der Waals surface area contributed by atoms with Crippen LogP contribution in [0.4, 0.5) is 26.3 Å². The summed E-state index contributed by atoms with van der Waals surface area (Å²) in [6.45, 7) is 0. The number of benzene rings is 2. The average molecular weight is 462 g/mol. The predicted octanol–water partition coefficient (Wildman–Crippen LogP) is 6.73. The Labute approximate surface area is 144 Å². The molecule has 124 valence electrons. The van der Waals surface area contributed by atoms with Crippen LogP contribution >= 0.6 is 31.9 Å². The van der Waals surface area contributed by atoms with Gasteiger partial charge in [-0.3, -0.25) is 0 Å². The fourth-order valence-corrected chi connectivity index (χ4v) is 2.73. The molecule has 2 aromatic rings. The van der Waals surface area contributed by atoms with Crippen LogP contribution in [0.15, 0.2) is 57.5 Å². The van der Waals surface area contributed by atoms with Gasteiger partial charge in [0.15, 0.2) is 0 Å². The first-order valence-corrected chi connectivity index (χ1v) is 7.74. The van der Waals surface area contributed by atoms with Crippen LogP contribution in [0.2, 0.25) is 0 Å². The number of hydrogen-bond acceptors (Lipinski definition) is 0. The van der Waals surface area contributed by atoms with Crippen LogP contribution in [0.5, 0.6) is 0 Å². The first-order valence-electron chi connectivity index (χ1n) is 6.15. The first kappa shape index (κ1) is 18.3. The Morgan fingerprint density at radius 1 is 0.609 bits per heavy atom. The highest BCUT2D eigenvalue weighted by Crippen LogP contribution is 2.55. The zero-order valence-electron chi connectivity index (χ0n) is 11.1. The molecule has 0 saturated heterocycles. The van der Waals surface area contributed by atoms with Crippen LogP contribution in [-0.4, -0.2) is 5.92 Å². The van der Waals surface area contributed by atoms with Crippen molar-refractivity contribution in [1.29, 1.82) is 0 Å². The lowest BCUT2D eigenvalue weighted by molar-refractivity contribution is -0.321. The minimum Gasteiger partial charge on any atom is -0.194 e. The number of halogens is 8. The maximum atomic E-state index is 14.1. The van der Waals surface area contributed by atoms with Crippen molar-refractivity contribution in [3.8, 4) is 0 Å². The van der Waals surface area contributed by atoms with E-state index < -0.39 is 28.9 Å². The summed E-state index contributed by atoms with van der Waals surface area (Å²) in [4.78, 5) is 0. The molecule has 0 nitrogen and oxygen atoms in total. The van der Waals surface area contributed by atoms with Crippen LogP contribution < -0.4 is 0 Å². The summed E-state index contributed by atoms with van der Waals surface area (Å²) in [6.07, 6.45) is 0. The summed E-state index contributed by atoms with van der Waals surface area (Å²) in [5.41, 5.74) is -2.40. The third kappa shape index (κ3) is 3.15. The topological polar surface area (TPSA) is 0 Å². The number of rotatable bonds is 4. The van der Waals surface area contributed by atoms with Crippen LogP contribution in [-0.2, 0) is 11.8 Å². The Bertz CT molecular complexity index is 655. The second kappa shape index (κ2) is 6.12. The van der Waals surface area contributed by atoms with E-state index in [0.29, 0.717) is 24.3 Å². The van der Waals surface area contributed by atoms with Crippen molar-refractivity contribution in [2.24, 2.45) is 0 Å². The van der Waals surface area contributed by atoms with Crippen molar-refractivity contribution < 1.29 is 26.3 Å². The molecule has 0 N–H and O–H groups in total. The lowest BCUT2D eigenvalue weighted by Crippen LogP contribution is -2.50. The summed E-state index contributed by atoms with van der Waals surface area (Å²) in [5, 5.41) is 0. The van der Waals surface area contributed by atoms with Gasteiger partial charge in [0.25, 0.3) is 0 Å². The van der Waals surface area contributed by atoms with Gasteiger partial charge < -0.3 is 0 Å². The highest BCUT2D eigenvalue weighted by atomic mass is 79.9. The molecule has 0 aliphatic carbocycles. The van der Waals surface area contributed by atoms with E-state index in [4.69, 9.17) is 0 Å². The third-order valence-electron chi connectivity index (χ3n) is 3.16. The second-order valence-corrected chi connectivity index (χ2v) is 6.58. The van der Waals surface area contributed by atoms with E-state index >= 15 is 0 Å². The van der Waals surface area contributed by atoms with Gasteiger partial charge in [0, 0.05) is 20.1 Å². The van der Waals surface area contributed by atoms with Crippen LogP contribution in [0.25, 0.3) is 0 Å². The van der Waals surface area contributed by atoms with Crippen molar-refractivity contribution in [2.75, 3.05) is 0 Å². The molecule has 0 aliphatic heterocycles. The van der Waals surface area contributed by atoms with Crippen LogP contribution in [0, 0.1) is 0 Å².